The molecule has 2 rings (SSSR count). The summed E-state index contributed by atoms with van der Waals surface area (Å²) in [4.78, 5) is 0. The maximum Gasteiger partial charge on any atom is 0.419 e. The fourth-order valence-corrected chi connectivity index (χ4v) is 2.17. The molecule has 0 spiro atoms. The van der Waals surface area contributed by atoms with Crippen LogP contribution < -0.4 is 5.73 Å². The van der Waals surface area contributed by atoms with Gasteiger partial charge in [-0.1, -0.05) is 6.07 Å². The Balaban J connectivity index is 2.40. The van der Waals surface area contributed by atoms with Gasteiger partial charge in [0, 0.05) is 16.7 Å². The monoisotopic (exact) mass is 333 g/mol. The molecule has 0 fully saturated rings. The molecule has 7 heteroatoms. The largest absolute Gasteiger partial charge is 0.419 e. The molecule has 102 valence electrons. The smallest absolute Gasteiger partial charge is 0.324 e. The fourth-order valence-electron chi connectivity index (χ4n) is 1.59. The van der Waals surface area contributed by atoms with E-state index in [1.807, 2.05) is 6.92 Å². The lowest BCUT2D eigenvalue weighted by atomic mass is 10.1. The number of hydrogen-bond donors (Lipinski definition) is 1. The topological polar surface area (TPSA) is 43.8 Å². The number of aromatic nitrogens is 2. The molecule has 0 unspecified atom stereocenters. The molecular weight excluding hydrogens is 323 g/mol. The van der Waals surface area contributed by atoms with Gasteiger partial charge in [-0.3, -0.25) is 0 Å². The molecule has 0 bridgehead atoms. The standard InChI is InChI=1S/C12H11BrF3N3/c1-7(17)8-2-3-11(10(13)4-8)19-6-9(5-18-19)12(14,15)16/h2-7H,17H2,1H3/t7-/m0/s1. The molecule has 19 heavy (non-hydrogen) atoms. The normalized spacial score (nSPS) is 13.6. The summed E-state index contributed by atoms with van der Waals surface area (Å²) in [5.74, 6) is 0. The zero-order chi connectivity index (χ0) is 14.2. The minimum atomic E-state index is -4.39. The maximum absolute atomic E-state index is 12.5. The lowest BCUT2D eigenvalue weighted by Crippen LogP contribution is -2.06. The van der Waals surface area contributed by atoms with Crippen molar-refractivity contribution >= 4 is 15.9 Å². The zero-order valence-electron chi connectivity index (χ0n) is 9.95. The third-order valence-corrected chi connectivity index (χ3v) is 3.29. The van der Waals surface area contributed by atoms with Gasteiger partial charge in [0.1, 0.15) is 0 Å². The van der Waals surface area contributed by atoms with Gasteiger partial charge in [0.25, 0.3) is 0 Å². The van der Waals surface area contributed by atoms with Crippen LogP contribution in [0.3, 0.4) is 0 Å². The molecule has 0 amide bonds. The molecule has 0 aliphatic rings. The quantitative estimate of drug-likeness (QED) is 0.911. The number of halogens is 4. The SMILES string of the molecule is C[C@H](N)c1ccc(-n2cc(C(F)(F)F)cn2)c(Br)c1. The summed E-state index contributed by atoms with van der Waals surface area (Å²) in [5, 5.41) is 3.72. The molecule has 0 saturated heterocycles. The van der Waals surface area contributed by atoms with Crippen LogP contribution in [0.1, 0.15) is 24.1 Å². The van der Waals surface area contributed by atoms with Crippen molar-refractivity contribution in [2.24, 2.45) is 5.73 Å². The molecule has 0 radical (unpaired) electrons. The van der Waals surface area contributed by atoms with Gasteiger partial charge in [0.2, 0.25) is 0 Å². The highest BCUT2D eigenvalue weighted by molar-refractivity contribution is 9.10. The molecular formula is C12H11BrF3N3. The van der Waals surface area contributed by atoms with E-state index in [0.717, 1.165) is 18.0 Å². The van der Waals surface area contributed by atoms with Crippen LogP contribution in [0.15, 0.2) is 35.1 Å². The van der Waals surface area contributed by atoms with Gasteiger partial charge >= 0.3 is 6.18 Å². The zero-order valence-corrected chi connectivity index (χ0v) is 11.5. The first-order chi connectivity index (χ1) is 8.79. The molecule has 0 aliphatic heterocycles. The Bertz CT molecular complexity index is 590. The van der Waals surface area contributed by atoms with E-state index in [-0.39, 0.29) is 6.04 Å². The second-order valence-corrected chi connectivity index (χ2v) is 5.03. The summed E-state index contributed by atoms with van der Waals surface area (Å²) in [7, 11) is 0. The second-order valence-electron chi connectivity index (χ2n) is 4.17. The van der Waals surface area contributed by atoms with Crippen LogP contribution in [0, 0.1) is 0 Å². The summed E-state index contributed by atoms with van der Waals surface area (Å²) in [6.45, 7) is 1.83. The number of nitrogens with zero attached hydrogens (tertiary/aromatic N) is 2. The van der Waals surface area contributed by atoms with E-state index < -0.39 is 11.7 Å². The van der Waals surface area contributed by atoms with Crippen molar-refractivity contribution in [1.82, 2.24) is 9.78 Å². The number of nitrogens with two attached hydrogens (primary N) is 1. The highest BCUT2D eigenvalue weighted by Crippen LogP contribution is 2.30. The lowest BCUT2D eigenvalue weighted by Gasteiger charge is -2.10. The van der Waals surface area contributed by atoms with Crippen LogP contribution in [-0.4, -0.2) is 9.78 Å². The highest BCUT2D eigenvalue weighted by atomic mass is 79.9. The molecule has 2 N–H and O–H groups in total. The van der Waals surface area contributed by atoms with Crippen LogP contribution in [0.5, 0.6) is 0 Å². The van der Waals surface area contributed by atoms with Crippen LogP contribution in [0.4, 0.5) is 13.2 Å². The van der Waals surface area contributed by atoms with E-state index in [2.05, 4.69) is 21.0 Å². The molecule has 1 heterocycles. The minimum Gasteiger partial charge on any atom is -0.324 e. The molecule has 1 aromatic carbocycles. The van der Waals surface area contributed by atoms with Crippen LogP contribution in [0.25, 0.3) is 5.69 Å². The third kappa shape index (κ3) is 2.98. The summed E-state index contributed by atoms with van der Waals surface area (Å²) in [6, 6.07) is 5.07. The van der Waals surface area contributed by atoms with Crippen molar-refractivity contribution in [3.63, 3.8) is 0 Å². The third-order valence-electron chi connectivity index (χ3n) is 2.65. The van der Waals surface area contributed by atoms with E-state index in [9.17, 15) is 13.2 Å². The molecule has 0 aliphatic carbocycles. The molecule has 1 atom stereocenters. The predicted molar refractivity (Wildman–Crippen MR) is 68.9 cm³/mol. The predicted octanol–water partition coefficient (Wildman–Crippen LogP) is 3.67. The second kappa shape index (κ2) is 4.97. The van der Waals surface area contributed by atoms with Crippen molar-refractivity contribution in [2.75, 3.05) is 0 Å². The molecule has 0 saturated carbocycles. The van der Waals surface area contributed by atoms with E-state index in [4.69, 9.17) is 5.73 Å². The average molecular weight is 334 g/mol. The van der Waals surface area contributed by atoms with Gasteiger partial charge < -0.3 is 5.73 Å². The van der Waals surface area contributed by atoms with E-state index in [1.54, 1.807) is 18.2 Å². The summed E-state index contributed by atoms with van der Waals surface area (Å²) < 4.78 is 39.3. The number of alkyl halides is 3. The average Bonchev–Trinajstić information content (AvgIpc) is 2.77. The Labute approximate surface area is 116 Å². The summed E-state index contributed by atoms with van der Waals surface area (Å²) in [5.41, 5.74) is 6.37. The van der Waals surface area contributed by atoms with Crippen molar-refractivity contribution in [2.45, 2.75) is 19.1 Å². The Morgan fingerprint density at radius 3 is 2.53 bits per heavy atom. The number of benzene rings is 1. The summed E-state index contributed by atoms with van der Waals surface area (Å²) >= 11 is 3.31. The van der Waals surface area contributed by atoms with Crippen molar-refractivity contribution in [3.8, 4) is 5.69 Å². The fraction of sp³-hybridized carbons (Fsp3) is 0.250. The van der Waals surface area contributed by atoms with Gasteiger partial charge in [-0.15, -0.1) is 0 Å². The first-order valence-corrected chi connectivity index (χ1v) is 6.25. The Morgan fingerprint density at radius 2 is 2.05 bits per heavy atom. The Hall–Kier alpha value is -1.34. The summed E-state index contributed by atoms with van der Waals surface area (Å²) in [6.07, 6.45) is -2.64. The minimum absolute atomic E-state index is 0.145. The highest BCUT2D eigenvalue weighted by Gasteiger charge is 2.32. The van der Waals surface area contributed by atoms with Crippen molar-refractivity contribution in [3.05, 3.63) is 46.2 Å². The number of rotatable bonds is 2. The van der Waals surface area contributed by atoms with Crippen molar-refractivity contribution < 1.29 is 13.2 Å². The van der Waals surface area contributed by atoms with E-state index >= 15 is 0 Å². The van der Waals surface area contributed by atoms with E-state index in [1.165, 1.54) is 4.68 Å². The Kier molecular flexibility index (Phi) is 3.69. The van der Waals surface area contributed by atoms with Gasteiger partial charge in [-0.05, 0) is 40.5 Å². The van der Waals surface area contributed by atoms with Crippen LogP contribution in [0.2, 0.25) is 0 Å². The van der Waals surface area contributed by atoms with Gasteiger partial charge in [0.15, 0.2) is 0 Å². The Morgan fingerprint density at radius 1 is 1.37 bits per heavy atom. The maximum atomic E-state index is 12.5. The number of hydrogen-bond acceptors (Lipinski definition) is 2. The van der Waals surface area contributed by atoms with Crippen LogP contribution in [-0.2, 0) is 6.18 Å². The van der Waals surface area contributed by atoms with Gasteiger partial charge in [-0.2, -0.15) is 18.3 Å². The lowest BCUT2D eigenvalue weighted by molar-refractivity contribution is -0.137. The van der Waals surface area contributed by atoms with Crippen molar-refractivity contribution in [1.29, 1.82) is 0 Å². The van der Waals surface area contributed by atoms with Gasteiger partial charge in [0.05, 0.1) is 17.4 Å². The van der Waals surface area contributed by atoms with Crippen LogP contribution >= 0.6 is 15.9 Å². The van der Waals surface area contributed by atoms with Gasteiger partial charge in [-0.25, -0.2) is 4.68 Å². The molecule has 3 nitrogen and oxygen atoms in total. The first-order valence-electron chi connectivity index (χ1n) is 5.46. The van der Waals surface area contributed by atoms with E-state index in [0.29, 0.717) is 10.2 Å². The molecule has 1 aromatic heterocycles. The molecule has 2 aromatic rings. The first kappa shape index (κ1) is 14.1.